The fourth-order valence-electron chi connectivity index (χ4n) is 3.17. The Balaban J connectivity index is 1.77. The van der Waals surface area contributed by atoms with E-state index in [2.05, 4.69) is 33.1 Å². The maximum atomic E-state index is 13.1. The van der Waals surface area contributed by atoms with Crippen LogP contribution in [0.2, 0.25) is 0 Å². The first-order valence-electron chi connectivity index (χ1n) is 9.20. The zero-order valence-electron chi connectivity index (χ0n) is 15.8. The molecule has 0 radical (unpaired) electrons. The average molecular weight is 441 g/mol. The molecule has 7 heteroatoms. The van der Waals surface area contributed by atoms with Gasteiger partial charge in [0.15, 0.2) is 11.5 Å². The van der Waals surface area contributed by atoms with Crippen molar-refractivity contribution in [1.29, 1.82) is 0 Å². The normalized spacial score (nSPS) is 14.3. The molecule has 4 rings (SSSR count). The summed E-state index contributed by atoms with van der Waals surface area (Å²) < 4.78 is 6.41. The van der Waals surface area contributed by atoms with Gasteiger partial charge in [-0.2, -0.15) is 0 Å². The van der Waals surface area contributed by atoms with Gasteiger partial charge in [-0.1, -0.05) is 15.9 Å². The van der Waals surface area contributed by atoms with Crippen LogP contribution < -0.4 is 10.2 Å². The lowest BCUT2D eigenvalue weighted by Gasteiger charge is -2.29. The second kappa shape index (κ2) is 7.85. The van der Waals surface area contributed by atoms with Crippen LogP contribution in [0.1, 0.15) is 21.6 Å². The van der Waals surface area contributed by atoms with E-state index in [0.717, 1.165) is 26.6 Å². The third kappa shape index (κ3) is 3.86. The van der Waals surface area contributed by atoms with Gasteiger partial charge in [0.25, 0.3) is 5.91 Å². The SMILES string of the molecule is Cc1cc2nc(C(=O)Nc3ccc(Br)cc3)c(N3CCOCC3)nc2cc1C. The Kier molecular flexibility index (Phi) is 5.28. The van der Waals surface area contributed by atoms with Crippen LogP contribution in [0, 0.1) is 13.8 Å². The van der Waals surface area contributed by atoms with Crippen LogP contribution in [0.15, 0.2) is 40.9 Å². The largest absolute Gasteiger partial charge is 0.378 e. The summed E-state index contributed by atoms with van der Waals surface area (Å²) in [5.74, 6) is 0.338. The Morgan fingerprint density at radius 3 is 2.29 bits per heavy atom. The van der Waals surface area contributed by atoms with Gasteiger partial charge in [0.1, 0.15) is 0 Å². The van der Waals surface area contributed by atoms with E-state index >= 15 is 0 Å². The molecule has 1 aliphatic rings. The molecule has 3 aromatic rings. The monoisotopic (exact) mass is 440 g/mol. The molecule has 1 aliphatic heterocycles. The minimum Gasteiger partial charge on any atom is -0.378 e. The van der Waals surface area contributed by atoms with Crippen LogP contribution in [0.3, 0.4) is 0 Å². The van der Waals surface area contributed by atoms with Crippen molar-refractivity contribution in [2.45, 2.75) is 13.8 Å². The van der Waals surface area contributed by atoms with Crippen molar-refractivity contribution in [3.63, 3.8) is 0 Å². The molecule has 0 atom stereocenters. The number of fused-ring (bicyclic) bond motifs is 1. The number of ether oxygens (including phenoxy) is 1. The number of hydrogen-bond acceptors (Lipinski definition) is 5. The highest BCUT2D eigenvalue weighted by atomic mass is 79.9. The van der Waals surface area contributed by atoms with Crippen molar-refractivity contribution in [2.24, 2.45) is 0 Å². The number of carbonyl (C=O) groups excluding carboxylic acids is 1. The summed E-state index contributed by atoms with van der Waals surface area (Å²) in [5.41, 5.74) is 4.84. The number of aryl methyl sites for hydroxylation is 2. The number of morpholine rings is 1. The summed E-state index contributed by atoms with van der Waals surface area (Å²) in [5, 5.41) is 2.94. The van der Waals surface area contributed by atoms with E-state index in [4.69, 9.17) is 14.7 Å². The molecule has 0 unspecified atom stereocenters. The minimum absolute atomic E-state index is 0.267. The average Bonchev–Trinajstić information content (AvgIpc) is 2.70. The number of benzene rings is 2. The van der Waals surface area contributed by atoms with Crippen molar-refractivity contribution >= 4 is 44.4 Å². The number of amides is 1. The second-order valence-corrected chi connectivity index (χ2v) is 7.80. The van der Waals surface area contributed by atoms with E-state index in [9.17, 15) is 4.79 Å². The topological polar surface area (TPSA) is 67.4 Å². The fraction of sp³-hybridized carbons (Fsp3) is 0.286. The minimum atomic E-state index is -0.267. The predicted molar refractivity (Wildman–Crippen MR) is 114 cm³/mol. The molecule has 1 fully saturated rings. The summed E-state index contributed by atoms with van der Waals surface area (Å²) in [6.07, 6.45) is 0. The van der Waals surface area contributed by atoms with Crippen LogP contribution in [0.5, 0.6) is 0 Å². The summed E-state index contributed by atoms with van der Waals surface area (Å²) >= 11 is 3.41. The molecule has 1 aromatic heterocycles. The molecular weight excluding hydrogens is 420 g/mol. The van der Waals surface area contributed by atoms with Crippen LogP contribution in [0.4, 0.5) is 11.5 Å². The van der Waals surface area contributed by atoms with Crippen LogP contribution in [-0.4, -0.2) is 42.2 Å². The predicted octanol–water partition coefficient (Wildman–Crippen LogP) is 4.10. The summed E-state index contributed by atoms with van der Waals surface area (Å²) in [4.78, 5) is 24.7. The quantitative estimate of drug-likeness (QED) is 0.663. The van der Waals surface area contributed by atoms with Gasteiger partial charge in [0.2, 0.25) is 0 Å². The third-order valence-corrected chi connectivity index (χ3v) is 5.42. The van der Waals surface area contributed by atoms with Gasteiger partial charge in [-0.05, 0) is 61.4 Å². The molecule has 144 valence electrons. The number of anilines is 2. The Morgan fingerprint density at radius 2 is 1.64 bits per heavy atom. The second-order valence-electron chi connectivity index (χ2n) is 6.88. The van der Waals surface area contributed by atoms with Gasteiger partial charge >= 0.3 is 0 Å². The molecular formula is C21H21BrN4O2. The van der Waals surface area contributed by atoms with E-state index in [1.54, 1.807) is 0 Å². The highest BCUT2D eigenvalue weighted by molar-refractivity contribution is 9.10. The number of halogens is 1. The van der Waals surface area contributed by atoms with E-state index in [-0.39, 0.29) is 5.91 Å². The van der Waals surface area contributed by atoms with Crippen molar-refractivity contribution in [1.82, 2.24) is 9.97 Å². The van der Waals surface area contributed by atoms with Gasteiger partial charge in [-0.25, -0.2) is 9.97 Å². The molecule has 6 nitrogen and oxygen atoms in total. The third-order valence-electron chi connectivity index (χ3n) is 4.89. The van der Waals surface area contributed by atoms with Gasteiger partial charge in [0, 0.05) is 23.2 Å². The highest BCUT2D eigenvalue weighted by Gasteiger charge is 2.23. The van der Waals surface area contributed by atoms with Gasteiger partial charge in [-0.15, -0.1) is 0 Å². The molecule has 2 aromatic carbocycles. The summed E-state index contributed by atoms with van der Waals surface area (Å²) in [6.45, 7) is 6.68. The van der Waals surface area contributed by atoms with Crippen molar-refractivity contribution in [3.05, 3.63) is 57.7 Å². The maximum Gasteiger partial charge on any atom is 0.278 e. The fourth-order valence-corrected chi connectivity index (χ4v) is 3.44. The number of nitrogens with one attached hydrogen (secondary N) is 1. The van der Waals surface area contributed by atoms with Gasteiger partial charge in [-0.3, -0.25) is 4.79 Å². The molecule has 0 aliphatic carbocycles. The molecule has 1 saturated heterocycles. The van der Waals surface area contributed by atoms with Gasteiger partial charge < -0.3 is 15.0 Å². The Bertz CT molecular complexity index is 1030. The molecule has 2 heterocycles. The van der Waals surface area contributed by atoms with Crippen molar-refractivity contribution in [2.75, 3.05) is 36.5 Å². The molecule has 0 saturated carbocycles. The van der Waals surface area contributed by atoms with Crippen LogP contribution >= 0.6 is 15.9 Å². The number of rotatable bonds is 3. The zero-order chi connectivity index (χ0) is 19.7. The Hall–Kier alpha value is -2.51. The first-order chi connectivity index (χ1) is 13.5. The highest BCUT2D eigenvalue weighted by Crippen LogP contribution is 2.25. The number of aromatic nitrogens is 2. The standard InChI is InChI=1S/C21H21BrN4O2/c1-13-11-17-18(12-14(13)2)25-20(26-7-9-28-10-8-26)19(24-17)21(27)23-16-5-3-15(22)4-6-16/h3-6,11-12H,7-10H2,1-2H3,(H,23,27). The molecule has 1 amide bonds. The lowest BCUT2D eigenvalue weighted by atomic mass is 10.1. The van der Waals surface area contributed by atoms with E-state index < -0.39 is 0 Å². The lowest BCUT2D eigenvalue weighted by molar-refractivity contribution is 0.102. The summed E-state index contributed by atoms with van der Waals surface area (Å²) in [7, 11) is 0. The van der Waals surface area contributed by atoms with Crippen LogP contribution in [0.25, 0.3) is 11.0 Å². The number of carbonyl (C=O) groups is 1. The summed E-state index contributed by atoms with van der Waals surface area (Å²) in [6, 6.07) is 11.5. The smallest absolute Gasteiger partial charge is 0.278 e. The molecule has 1 N–H and O–H groups in total. The first-order valence-corrected chi connectivity index (χ1v) is 9.99. The number of hydrogen-bond donors (Lipinski definition) is 1. The lowest BCUT2D eigenvalue weighted by Crippen LogP contribution is -2.38. The Morgan fingerprint density at radius 1 is 1.04 bits per heavy atom. The first kappa shape index (κ1) is 18.8. The maximum absolute atomic E-state index is 13.1. The zero-order valence-corrected chi connectivity index (χ0v) is 17.4. The Labute approximate surface area is 172 Å². The van der Waals surface area contributed by atoms with E-state index in [1.165, 1.54) is 0 Å². The molecule has 0 bridgehead atoms. The van der Waals surface area contributed by atoms with E-state index in [1.807, 2.05) is 43.3 Å². The van der Waals surface area contributed by atoms with Crippen molar-refractivity contribution < 1.29 is 9.53 Å². The van der Waals surface area contributed by atoms with E-state index in [0.29, 0.717) is 43.5 Å². The van der Waals surface area contributed by atoms with Gasteiger partial charge in [0.05, 0.1) is 24.2 Å². The molecule has 0 spiro atoms. The van der Waals surface area contributed by atoms with Crippen molar-refractivity contribution in [3.8, 4) is 0 Å². The molecule has 28 heavy (non-hydrogen) atoms. The van der Waals surface area contributed by atoms with Crippen LogP contribution in [-0.2, 0) is 4.74 Å². The number of nitrogens with zero attached hydrogens (tertiary/aromatic N) is 3.